The Balaban J connectivity index is 1.28. The summed E-state index contributed by atoms with van der Waals surface area (Å²) in [6, 6.07) is 14.8. The molecule has 1 saturated heterocycles. The van der Waals surface area contributed by atoms with Crippen molar-refractivity contribution in [3.05, 3.63) is 70.4 Å². The van der Waals surface area contributed by atoms with Gasteiger partial charge in [0.15, 0.2) is 0 Å². The highest BCUT2D eigenvalue weighted by Gasteiger charge is 2.21. The van der Waals surface area contributed by atoms with E-state index in [2.05, 4.69) is 31.6 Å². The lowest BCUT2D eigenvalue weighted by atomic mass is 10.1. The molecule has 9 heteroatoms. The standard InChI is InChI=1S/C26H27ClN6O2/c1-17-13-19(15-28)14-18(2)25(17)35-24-7-10-29-26(32-24)31-22-8-11-33(12-9-22)16-23(34)30-21-5-3-20(27)4-6-21/h3-7,10,13-14,22H,8-9,11-12,16H2,1-2H3,(H,30,34)(H,29,31,32). The lowest BCUT2D eigenvalue weighted by molar-refractivity contribution is -0.117. The minimum Gasteiger partial charge on any atom is -0.438 e. The van der Waals surface area contributed by atoms with E-state index in [0.717, 1.165) is 42.7 Å². The molecule has 3 aromatic rings. The summed E-state index contributed by atoms with van der Waals surface area (Å²) in [5.41, 5.74) is 3.09. The number of amides is 1. The minimum atomic E-state index is -0.0414. The zero-order valence-electron chi connectivity index (χ0n) is 19.7. The maximum absolute atomic E-state index is 12.4. The molecule has 1 aliphatic rings. The molecular formula is C26H27ClN6O2. The average Bonchev–Trinajstić information content (AvgIpc) is 2.84. The number of nitrogens with one attached hydrogen (secondary N) is 2. The van der Waals surface area contributed by atoms with Gasteiger partial charge in [0.2, 0.25) is 17.7 Å². The van der Waals surface area contributed by atoms with Gasteiger partial charge in [-0.05, 0) is 74.2 Å². The number of nitrogens with zero attached hydrogens (tertiary/aromatic N) is 4. The third-order valence-electron chi connectivity index (χ3n) is 5.84. The van der Waals surface area contributed by atoms with Gasteiger partial charge in [-0.25, -0.2) is 4.98 Å². The fourth-order valence-corrected chi connectivity index (χ4v) is 4.23. The zero-order chi connectivity index (χ0) is 24.8. The number of hydrogen-bond acceptors (Lipinski definition) is 7. The number of halogens is 1. The van der Waals surface area contributed by atoms with E-state index in [1.54, 1.807) is 48.7 Å². The van der Waals surface area contributed by atoms with Crippen LogP contribution in [-0.2, 0) is 4.79 Å². The largest absolute Gasteiger partial charge is 0.438 e. The number of benzene rings is 2. The van der Waals surface area contributed by atoms with Crippen molar-refractivity contribution in [3.8, 4) is 17.7 Å². The molecule has 35 heavy (non-hydrogen) atoms. The number of hydrogen-bond donors (Lipinski definition) is 2. The van der Waals surface area contributed by atoms with E-state index in [1.165, 1.54) is 0 Å². The smallest absolute Gasteiger partial charge is 0.238 e. The van der Waals surface area contributed by atoms with Crippen molar-refractivity contribution in [3.63, 3.8) is 0 Å². The van der Waals surface area contributed by atoms with Crippen molar-refractivity contribution in [2.45, 2.75) is 32.7 Å². The van der Waals surface area contributed by atoms with E-state index in [1.807, 2.05) is 13.8 Å². The van der Waals surface area contributed by atoms with Crippen LogP contribution in [0.4, 0.5) is 11.6 Å². The molecular weight excluding hydrogens is 464 g/mol. The molecule has 1 aliphatic heterocycles. The lowest BCUT2D eigenvalue weighted by Crippen LogP contribution is -2.42. The monoisotopic (exact) mass is 490 g/mol. The van der Waals surface area contributed by atoms with Gasteiger partial charge < -0.3 is 15.4 Å². The van der Waals surface area contributed by atoms with Crippen molar-refractivity contribution < 1.29 is 9.53 Å². The quantitative estimate of drug-likeness (QED) is 0.484. The maximum Gasteiger partial charge on any atom is 0.238 e. The number of carbonyl (C=O) groups excluding carboxylic acids is 1. The number of likely N-dealkylation sites (tertiary alicyclic amines) is 1. The predicted molar refractivity (Wildman–Crippen MR) is 136 cm³/mol. The Morgan fingerprint density at radius 3 is 2.51 bits per heavy atom. The lowest BCUT2D eigenvalue weighted by Gasteiger charge is -2.31. The second-order valence-electron chi connectivity index (χ2n) is 8.62. The molecule has 8 nitrogen and oxygen atoms in total. The summed E-state index contributed by atoms with van der Waals surface area (Å²) in [6.45, 7) is 5.76. The van der Waals surface area contributed by atoms with Gasteiger partial charge in [0, 0.05) is 42.1 Å². The predicted octanol–water partition coefficient (Wildman–Crippen LogP) is 4.93. The Bertz CT molecular complexity index is 1210. The normalized spacial score (nSPS) is 14.2. The number of nitriles is 1. The molecule has 0 spiro atoms. The van der Waals surface area contributed by atoms with Gasteiger partial charge in [-0.3, -0.25) is 9.69 Å². The third kappa shape index (κ3) is 6.69. The SMILES string of the molecule is Cc1cc(C#N)cc(C)c1Oc1ccnc(NC2CCN(CC(=O)Nc3ccc(Cl)cc3)CC2)n1. The molecule has 0 radical (unpaired) electrons. The van der Waals surface area contributed by atoms with Crippen LogP contribution in [0.3, 0.4) is 0 Å². The molecule has 2 heterocycles. The van der Waals surface area contributed by atoms with Crippen molar-refractivity contribution in [1.82, 2.24) is 14.9 Å². The Morgan fingerprint density at radius 2 is 1.86 bits per heavy atom. The van der Waals surface area contributed by atoms with E-state index in [-0.39, 0.29) is 11.9 Å². The van der Waals surface area contributed by atoms with E-state index in [4.69, 9.17) is 21.6 Å². The highest BCUT2D eigenvalue weighted by Crippen LogP contribution is 2.29. The Morgan fingerprint density at radius 1 is 1.17 bits per heavy atom. The summed E-state index contributed by atoms with van der Waals surface area (Å²) in [6.07, 6.45) is 3.40. The number of anilines is 2. The summed E-state index contributed by atoms with van der Waals surface area (Å²) < 4.78 is 6.02. The van der Waals surface area contributed by atoms with Crippen molar-refractivity contribution in [2.75, 3.05) is 30.3 Å². The first kappa shape index (κ1) is 24.5. The van der Waals surface area contributed by atoms with Crippen LogP contribution in [0.5, 0.6) is 11.6 Å². The topological polar surface area (TPSA) is 103 Å². The molecule has 0 saturated carbocycles. The highest BCUT2D eigenvalue weighted by atomic mass is 35.5. The third-order valence-corrected chi connectivity index (χ3v) is 6.09. The van der Waals surface area contributed by atoms with Gasteiger partial charge in [0.1, 0.15) is 5.75 Å². The number of ether oxygens (including phenoxy) is 1. The molecule has 1 amide bonds. The molecule has 4 rings (SSSR count). The van der Waals surface area contributed by atoms with Crippen LogP contribution in [-0.4, -0.2) is 46.5 Å². The summed E-state index contributed by atoms with van der Waals surface area (Å²) in [5, 5.41) is 16.1. The van der Waals surface area contributed by atoms with E-state index < -0.39 is 0 Å². The first-order valence-electron chi connectivity index (χ1n) is 11.5. The first-order chi connectivity index (χ1) is 16.9. The molecule has 180 valence electrons. The van der Waals surface area contributed by atoms with Gasteiger partial charge in [-0.2, -0.15) is 10.2 Å². The van der Waals surface area contributed by atoms with Crippen LogP contribution in [0.25, 0.3) is 0 Å². The van der Waals surface area contributed by atoms with Crippen molar-refractivity contribution in [2.24, 2.45) is 0 Å². The number of aromatic nitrogens is 2. The molecule has 1 fully saturated rings. The van der Waals surface area contributed by atoms with Crippen LogP contribution in [0.2, 0.25) is 5.02 Å². The second kappa shape index (κ2) is 11.2. The van der Waals surface area contributed by atoms with Crippen LogP contribution in [0.15, 0.2) is 48.7 Å². The second-order valence-corrected chi connectivity index (χ2v) is 9.06. The van der Waals surface area contributed by atoms with Gasteiger partial charge in [0.25, 0.3) is 0 Å². The van der Waals surface area contributed by atoms with Crippen LogP contribution >= 0.6 is 11.6 Å². The van der Waals surface area contributed by atoms with Gasteiger partial charge >= 0.3 is 0 Å². The highest BCUT2D eigenvalue weighted by molar-refractivity contribution is 6.30. The van der Waals surface area contributed by atoms with Gasteiger partial charge in [-0.1, -0.05) is 11.6 Å². The molecule has 0 unspecified atom stereocenters. The number of rotatable bonds is 7. The van der Waals surface area contributed by atoms with Crippen molar-refractivity contribution >= 4 is 29.1 Å². The molecule has 1 aromatic heterocycles. The fraction of sp³-hybridized carbons (Fsp3) is 0.308. The maximum atomic E-state index is 12.4. The summed E-state index contributed by atoms with van der Waals surface area (Å²) >= 11 is 5.89. The molecule has 0 atom stereocenters. The average molecular weight is 491 g/mol. The Kier molecular flexibility index (Phi) is 7.80. The summed E-state index contributed by atoms with van der Waals surface area (Å²) in [7, 11) is 0. The molecule has 0 aliphatic carbocycles. The van der Waals surface area contributed by atoms with Gasteiger partial charge in [0.05, 0.1) is 18.2 Å². The zero-order valence-corrected chi connectivity index (χ0v) is 20.5. The summed E-state index contributed by atoms with van der Waals surface area (Å²) in [5.74, 6) is 1.60. The van der Waals surface area contributed by atoms with Crippen LogP contribution < -0.4 is 15.4 Å². The molecule has 0 bridgehead atoms. The van der Waals surface area contributed by atoms with E-state index in [0.29, 0.717) is 34.7 Å². The van der Waals surface area contributed by atoms with E-state index >= 15 is 0 Å². The Labute approximate surface area is 209 Å². The molecule has 2 N–H and O–H groups in total. The molecule has 2 aromatic carbocycles. The number of aryl methyl sites for hydroxylation is 2. The Hall–Kier alpha value is -3.67. The fourth-order valence-electron chi connectivity index (χ4n) is 4.10. The van der Waals surface area contributed by atoms with Gasteiger partial charge in [-0.15, -0.1) is 0 Å². The summed E-state index contributed by atoms with van der Waals surface area (Å²) in [4.78, 5) is 23.3. The first-order valence-corrected chi connectivity index (χ1v) is 11.8. The van der Waals surface area contributed by atoms with E-state index in [9.17, 15) is 4.79 Å². The van der Waals surface area contributed by atoms with Crippen LogP contribution in [0.1, 0.15) is 29.5 Å². The number of carbonyl (C=O) groups is 1. The van der Waals surface area contributed by atoms with Crippen LogP contribution in [0, 0.1) is 25.2 Å². The van der Waals surface area contributed by atoms with Crippen molar-refractivity contribution in [1.29, 1.82) is 5.26 Å². The number of piperidine rings is 1. The minimum absolute atomic E-state index is 0.0414.